The van der Waals surface area contributed by atoms with Crippen LogP contribution in [0.3, 0.4) is 0 Å². The summed E-state index contributed by atoms with van der Waals surface area (Å²) in [5, 5.41) is 3.64. The smallest absolute Gasteiger partial charge is 0.105 e. The quantitative estimate of drug-likeness (QED) is 0.833. The summed E-state index contributed by atoms with van der Waals surface area (Å²) >= 11 is 0. The van der Waals surface area contributed by atoms with Crippen LogP contribution in [0.4, 0.5) is 0 Å². The molecule has 1 atom stereocenters. The summed E-state index contributed by atoms with van der Waals surface area (Å²) in [6.07, 6.45) is 7.85. The molecule has 0 saturated carbocycles. The van der Waals surface area contributed by atoms with Gasteiger partial charge in [0.1, 0.15) is 5.82 Å². The molecule has 1 aromatic rings. The molecule has 1 aliphatic rings. The molecule has 18 heavy (non-hydrogen) atoms. The van der Waals surface area contributed by atoms with Gasteiger partial charge in [0.25, 0.3) is 0 Å². The normalized spacial score (nSPS) is 21.3. The highest BCUT2D eigenvalue weighted by molar-refractivity contribution is 4.89. The molecule has 2 rings (SSSR count). The highest BCUT2D eigenvalue weighted by atomic mass is 15.2. The zero-order chi connectivity index (χ0) is 12.8. The maximum absolute atomic E-state index is 4.27. The second kappa shape index (κ2) is 6.90. The average molecular weight is 250 g/mol. The van der Waals surface area contributed by atoms with E-state index in [1.165, 1.54) is 32.4 Å². The molecule has 1 N–H and O–H groups in total. The van der Waals surface area contributed by atoms with E-state index < -0.39 is 0 Å². The third-order valence-corrected chi connectivity index (χ3v) is 3.77. The number of aryl methyl sites for hydroxylation is 1. The van der Waals surface area contributed by atoms with E-state index in [-0.39, 0.29) is 0 Å². The highest BCUT2D eigenvalue weighted by Gasteiger charge is 2.18. The minimum absolute atomic E-state index is 0.697. The van der Waals surface area contributed by atoms with Gasteiger partial charge < -0.3 is 14.8 Å². The third-order valence-electron chi connectivity index (χ3n) is 3.77. The topological polar surface area (TPSA) is 33.1 Å². The van der Waals surface area contributed by atoms with E-state index in [4.69, 9.17) is 0 Å². The molecular weight excluding hydrogens is 224 g/mol. The fraction of sp³-hybridized carbons (Fsp3) is 0.786. The number of aromatic nitrogens is 2. The molecule has 0 aromatic carbocycles. The molecule has 2 heterocycles. The van der Waals surface area contributed by atoms with Gasteiger partial charge in [-0.1, -0.05) is 6.92 Å². The fourth-order valence-corrected chi connectivity index (χ4v) is 2.66. The Morgan fingerprint density at radius 1 is 1.44 bits per heavy atom. The van der Waals surface area contributed by atoms with Crippen LogP contribution in [0.5, 0.6) is 0 Å². The van der Waals surface area contributed by atoms with Gasteiger partial charge in [-0.2, -0.15) is 0 Å². The number of nitrogens with zero attached hydrogens (tertiary/aromatic N) is 3. The lowest BCUT2D eigenvalue weighted by atomic mass is 10.1. The molecule has 0 bridgehead atoms. The second-order valence-corrected chi connectivity index (χ2v) is 5.26. The van der Waals surface area contributed by atoms with Crippen molar-refractivity contribution in [3.05, 3.63) is 18.2 Å². The van der Waals surface area contributed by atoms with Crippen molar-refractivity contribution in [1.82, 2.24) is 19.8 Å². The maximum Gasteiger partial charge on any atom is 0.105 e. The van der Waals surface area contributed by atoms with Crippen LogP contribution in [-0.4, -0.2) is 46.7 Å². The first-order valence-electron chi connectivity index (χ1n) is 7.23. The fourth-order valence-electron chi connectivity index (χ4n) is 2.66. The first kappa shape index (κ1) is 13.6. The Balaban J connectivity index is 1.74. The monoisotopic (exact) mass is 250 g/mol. The summed E-state index contributed by atoms with van der Waals surface area (Å²) in [5.41, 5.74) is 0. The third kappa shape index (κ3) is 3.82. The van der Waals surface area contributed by atoms with Crippen LogP contribution < -0.4 is 5.32 Å². The molecule has 4 heteroatoms. The van der Waals surface area contributed by atoms with Crippen LogP contribution in [0, 0.1) is 6.92 Å². The van der Waals surface area contributed by atoms with E-state index in [2.05, 4.69) is 39.8 Å². The van der Waals surface area contributed by atoms with Crippen molar-refractivity contribution in [3.8, 4) is 0 Å². The van der Waals surface area contributed by atoms with Gasteiger partial charge in [0.15, 0.2) is 0 Å². The van der Waals surface area contributed by atoms with Gasteiger partial charge in [0.2, 0.25) is 0 Å². The van der Waals surface area contributed by atoms with E-state index in [9.17, 15) is 0 Å². The lowest BCUT2D eigenvalue weighted by Crippen LogP contribution is -2.46. The van der Waals surface area contributed by atoms with Gasteiger partial charge in [0.05, 0.1) is 0 Å². The number of hydrogen-bond donors (Lipinski definition) is 1. The predicted molar refractivity (Wildman–Crippen MR) is 74.7 cm³/mol. The number of nitrogens with one attached hydrogen (secondary N) is 1. The highest BCUT2D eigenvalue weighted by Crippen LogP contribution is 2.10. The van der Waals surface area contributed by atoms with Crippen LogP contribution in [0.2, 0.25) is 0 Å². The molecule has 1 unspecified atom stereocenters. The van der Waals surface area contributed by atoms with Crippen LogP contribution in [0.15, 0.2) is 12.4 Å². The van der Waals surface area contributed by atoms with Crippen LogP contribution in [-0.2, 0) is 6.54 Å². The Kier molecular flexibility index (Phi) is 5.20. The first-order chi connectivity index (χ1) is 8.79. The SMILES string of the molecule is CCCNC1CCCN(CCn2ccnc2C)C1. The summed E-state index contributed by atoms with van der Waals surface area (Å²) in [6, 6.07) is 0.697. The summed E-state index contributed by atoms with van der Waals surface area (Å²) < 4.78 is 2.24. The van der Waals surface area contributed by atoms with Crippen molar-refractivity contribution >= 4 is 0 Å². The van der Waals surface area contributed by atoms with Crippen molar-refractivity contribution in [1.29, 1.82) is 0 Å². The number of likely N-dealkylation sites (tertiary alicyclic amines) is 1. The lowest BCUT2D eigenvalue weighted by molar-refractivity contribution is 0.184. The van der Waals surface area contributed by atoms with Crippen molar-refractivity contribution in [2.45, 2.75) is 45.7 Å². The summed E-state index contributed by atoms with van der Waals surface area (Å²) in [5.74, 6) is 1.12. The largest absolute Gasteiger partial charge is 0.334 e. The van der Waals surface area contributed by atoms with Crippen molar-refractivity contribution < 1.29 is 0 Å². The molecule has 0 radical (unpaired) electrons. The lowest BCUT2D eigenvalue weighted by Gasteiger charge is -2.33. The predicted octanol–water partition coefficient (Wildman–Crippen LogP) is 1.66. The Morgan fingerprint density at radius 2 is 2.33 bits per heavy atom. The van der Waals surface area contributed by atoms with Crippen molar-refractivity contribution in [2.75, 3.05) is 26.2 Å². The standard InChI is InChI=1S/C14H26N4/c1-3-6-16-14-5-4-8-17(12-14)10-11-18-9-7-15-13(18)2/h7,9,14,16H,3-6,8,10-12H2,1-2H3. The molecule has 4 nitrogen and oxygen atoms in total. The second-order valence-electron chi connectivity index (χ2n) is 5.26. The van der Waals surface area contributed by atoms with Gasteiger partial charge >= 0.3 is 0 Å². The minimum Gasteiger partial charge on any atom is -0.334 e. The molecular formula is C14H26N4. The number of piperidine rings is 1. The van der Waals surface area contributed by atoms with E-state index in [1.807, 2.05) is 6.20 Å². The van der Waals surface area contributed by atoms with Gasteiger partial charge in [-0.25, -0.2) is 4.98 Å². The maximum atomic E-state index is 4.27. The summed E-state index contributed by atoms with van der Waals surface area (Å²) in [7, 11) is 0. The number of imidazole rings is 1. The van der Waals surface area contributed by atoms with Crippen molar-refractivity contribution in [2.24, 2.45) is 0 Å². The van der Waals surface area contributed by atoms with E-state index in [0.29, 0.717) is 6.04 Å². The molecule has 1 fully saturated rings. The average Bonchev–Trinajstić information content (AvgIpc) is 2.80. The summed E-state index contributed by atoms with van der Waals surface area (Å²) in [6.45, 7) is 10.1. The van der Waals surface area contributed by atoms with Gasteiger partial charge in [-0.15, -0.1) is 0 Å². The molecule has 1 aromatic heterocycles. The Morgan fingerprint density at radius 3 is 3.06 bits per heavy atom. The molecule has 0 aliphatic carbocycles. The van der Waals surface area contributed by atoms with Gasteiger partial charge in [0, 0.05) is 38.1 Å². The van der Waals surface area contributed by atoms with Gasteiger partial charge in [-0.05, 0) is 39.3 Å². The Hall–Kier alpha value is -0.870. The molecule has 1 aliphatic heterocycles. The van der Waals surface area contributed by atoms with E-state index in [1.54, 1.807) is 0 Å². The Bertz CT molecular complexity index is 347. The number of rotatable bonds is 6. The zero-order valence-corrected chi connectivity index (χ0v) is 11.7. The first-order valence-corrected chi connectivity index (χ1v) is 7.23. The van der Waals surface area contributed by atoms with Crippen LogP contribution in [0.25, 0.3) is 0 Å². The minimum atomic E-state index is 0.697. The van der Waals surface area contributed by atoms with Crippen molar-refractivity contribution in [3.63, 3.8) is 0 Å². The van der Waals surface area contributed by atoms with E-state index >= 15 is 0 Å². The summed E-state index contributed by atoms with van der Waals surface area (Å²) in [4.78, 5) is 6.85. The Labute approximate surface area is 110 Å². The van der Waals surface area contributed by atoms with Crippen LogP contribution >= 0.6 is 0 Å². The molecule has 102 valence electrons. The zero-order valence-electron chi connectivity index (χ0n) is 11.7. The van der Waals surface area contributed by atoms with Crippen LogP contribution in [0.1, 0.15) is 32.0 Å². The van der Waals surface area contributed by atoms with E-state index in [0.717, 1.165) is 25.5 Å². The number of hydrogen-bond acceptors (Lipinski definition) is 3. The molecule has 0 amide bonds. The molecule has 0 spiro atoms. The van der Waals surface area contributed by atoms with Gasteiger partial charge in [-0.3, -0.25) is 0 Å². The molecule has 1 saturated heterocycles.